The zero-order valence-corrected chi connectivity index (χ0v) is 27.5. The summed E-state index contributed by atoms with van der Waals surface area (Å²) >= 11 is 0. The quantitative estimate of drug-likeness (QED) is 0.142. The Morgan fingerprint density at radius 1 is 0.976 bits per heavy atom. The average Bonchev–Trinajstić information content (AvgIpc) is 3.40. The number of benzene rings is 2. The molecule has 2 atom stereocenters. The first-order chi connectivity index (χ1) is 19.4. The van der Waals surface area contributed by atoms with Crippen LogP contribution in [0.2, 0.25) is 18.1 Å². The van der Waals surface area contributed by atoms with Gasteiger partial charge in [0.05, 0.1) is 26.9 Å². The van der Waals surface area contributed by atoms with Crippen molar-refractivity contribution in [1.29, 1.82) is 0 Å². The molecule has 0 amide bonds. The van der Waals surface area contributed by atoms with Crippen LogP contribution >= 0.6 is 0 Å². The summed E-state index contributed by atoms with van der Waals surface area (Å²) in [4.78, 5) is 12.8. The third kappa shape index (κ3) is 8.26. The molecule has 7 heteroatoms. The summed E-state index contributed by atoms with van der Waals surface area (Å²) in [5, 5.41) is 0.0161. The largest absolute Gasteiger partial charge is 0.496 e. The third-order valence-corrected chi connectivity index (χ3v) is 12.8. The van der Waals surface area contributed by atoms with Gasteiger partial charge in [0.25, 0.3) is 0 Å². The monoisotopic (exact) mass is 579 g/mol. The van der Waals surface area contributed by atoms with E-state index in [2.05, 4.69) is 76.3 Å². The van der Waals surface area contributed by atoms with Gasteiger partial charge in [-0.3, -0.25) is 0 Å². The lowest BCUT2D eigenvalue weighted by molar-refractivity contribution is 0.0505. The van der Waals surface area contributed by atoms with Crippen LogP contribution in [0.1, 0.15) is 73.8 Å². The molecular formula is C34H49NO5Si. The van der Waals surface area contributed by atoms with Crippen LogP contribution in [0, 0.1) is 12.8 Å². The minimum atomic E-state index is -2.22. The number of hydrogen-bond donors (Lipinski definition) is 0. The average molecular weight is 580 g/mol. The molecule has 0 saturated carbocycles. The van der Waals surface area contributed by atoms with Gasteiger partial charge in [-0.05, 0) is 86.6 Å². The molecule has 0 N–H and O–H groups in total. The summed E-state index contributed by atoms with van der Waals surface area (Å²) in [6.45, 7) is 16.2. The molecule has 0 aliphatic rings. The molecule has 1 aromatic heterocycles. The second kappa shape index (κ2) is 14.2. The van der Waals surface area contributed by atoms with Crippen molar-refractivity contribution in [2.45, 2.75) is 84.7 Å². The molecule has 224 valence electrons. The van der Waals surface area contributed by atoms with Crippen LogP contribution in [0.25, 0.3) is 0 Å². The summed E-state index contributed by atoms with van der Waals surface area (Å²) in [7, 11) is 1.17. The normalized spacial score (nSPS) is 13.5. The zero-order valence-electron chi connectivity index (χ0n) is 26.5. The van der Waals surface area contributed by atoms with Gasteiger partial charge in [-0.1, -0.05) is 51.1 Å². The Bertz CT molecular complexity index is 1240. The van der Waals surface area contributed by atoms with E-state index in [1.807, 2.05) is 36.7 Å². The van der Waals surface area contributed by atoms with E-state index in [1.165, 1.54) is 5.56 Å². The van der Waals surface area contributed by atoms with Gasteiger partial charge in [0.2, 0.25) is 0 Å². The Morgan fingerprint density at radius 3 is 2.17 bits per heavy atom. The molecule has 6 nitrogen and oxygen atoms in total. The maximum atomic E-state index is 12.8. The van der Waals surface area contributed by atoms with Crippen molar-refractivity contribution in [2.24, 2.45) is 5.92 Å². The number of hydrogen-bond acceptors (Lipinski definition) is 5. The number of aromatic nitrogens is 1. The molecule has 2 aromatic carbocycles. The third-order valence-electron chi connectivity index (χ3n) is 8.39. The number of methoxy groups -OCH3 is 2. The Labute approximate surface area is 248 Å². The highest BCUT2D eigenvalue weighted by molar-refractivity contribution is 6.74. The minimum Gasteiger partial charge on any atom is -0.496 e. The molecule has 0 aliphatic carbocycles. The second-order valence-electron chi connectivity index (χ2n) is 12.3. The van der Waals surface area contributed by atoms with E-state index < -0.39 is 8.32 Å². The van der Waals surface area contributed by atoms with Crippen molar-refractivity contribution in [3.05, 3.63) is 83.2 Å². The predicted molar refractivity (Wildman–Crippen MR) is 169 cm³/mol. The molecule has 0 saturated heterocycles. The van der Waals surface area contributed by atoms with Crippen LogP contribution in [0.3, 0.4) is 0 Å². The Kier molecular flexibility index (Phi) is 11.3. The van der Waals surface area contributed by atoms with Crippen molar-refractivity contribution >= 4 is 14.3 Å². The fraction of sp³-hybridized carbons (Fsp3) is 0.500. The van der Waals surface area contributed by atoms with E-state index in [9.17, 15) is 4.79 Å². The topological polar surface area (TPSA) is 58.9 Å². The molecule has 0 fully saturated rings. The van der Waals surface area contributed by atoms with Gasteiger partial charge in [0.15, 0.2) is 8.32 Å². The highest BCUT2D eigenvalue weighted by atomic mass is 28.4. The fourth-order valence-electron chi connectivity index (χ4n) is 4.97. The van der Waals surface area contributed by atoms with E-state index in [-0.39, 0.29) is 23.0 Å². The van der Waals surface area contributed by atoms with E-state index in [1.54, 1.807) is 14.2 Å². The summed E-state index contributed by atoms with van der Waals surface area (Å²) in [6.07, 6.45) is 4.61. The first-order valence-corrected chi connectivity index (χ1v) is 17.6. The Morgan fingerprint density at radius 2 is 1.61 bits per heavy atom. The van der Waals surface area contributed by atoms with E-state index in [0.29, 0.717) is 18.8 Å². The lowest BCUT2D eigenvalue weighted by Crippen LogP contribution is -2.43. The first-order valence-electron chi connectivity index (χ1n) is 14.7. The van der Waals surface area contributed by atoms with Crippen LogP contribution in [-0.4, -0.2) is 39.7 Å². The van der Waals surface area contributed by atoms with E-state index in [0.717, 1.165) is 41.9 Å². The lowest BCUT2D eigenvalue weighted by atomic mass is 9.89. The molecule has 1 heterocycles. The number of carbonyl (C=O) groups excluding carboxylic acids is 1. The number of aryl methyl sites for hydroxylation is 1. The smallest absolute Gasteiger partial charge is 0.354 e. The Balaban J connectivity index is 2.10. The van der Waals surface area contributed by atoms with Crippen LogP contribution in [0.15, 0.2) is 60.8 Å². The number of rotatable bonds is 14. The van der Waals surface area contributed by atoms with Crippen molar-refractivity contribution in [1.82, 2.24) is 4.57 Å². The van der Waals surface area contributed by atoms with Crippen molar-refractivity contribution in [2.75, 3.05) is 20.8 Å². The molecule has 0 bridgehead atoms. The molecule has 41 heavy (non-hydrogen) atoms. The van der Waals surface area contributed by atoms with Crippen molar-refractivity contribution in [3.63, 3.8) is 0 Å². The summed E-state index contributed by atoms with van der Waals surface area (Å²) in [5.41, 5.74) is 3.87. The van der Waals surface area contributed by atoms with Crippen LogP contribution in [0.4, 0.5) is 0 Å². The van der Waals surface area contributed by atoms with Gasteiger partial charge in [-0.15, -0.1) is 0 Å². The maximum Gasteiger partial charge on any atom is 0.354 e. The summed E-state index contributed by atoms with van der Waals surface area (Å²) < 4.78 is 26.3. The highest BCUT2D eigenvalue weighted by Gasteiger charge is 2.41. The number of nitrogens with zero attached hydrogens (tertiary/aromatic N) is 1. The second-order valence-corrected chi connectivity index (χ2v) is 17.0. The molecular weight excluding hydrogens is 530 g/mol. The standard InChI is InChI=1S/C34H49NO5Si/c1-10-39-33(36)29-20-15-21-35(29)24-27(19-14-18-26-16-12-11-13-17-26)32(40-41(8,9)34(3,4)5)28-22-30(37-6)25(2)31(23-28)38-7/h11-13,15-17,20-23,27,32H,10,14,18-19,24H2,1-9H3/t27-,32?/m1/s1. The van der Waals surface area contributed by atoms with Gasteiger partial charge in [-0.25, -0.2) is 4.79 Å². The first kappa shape index (κ1) is 32.5. The molecule has 1 unspecified atom stereocenters. The molecule has 3 aromatic rings. The van der Waals surface area contributed by atoms with Crippen molar-refractivity contribution in [3.8, 4) is 11.5 Å². The number of esters is 1. The molecule has 3 rings (SSSR count). The van der Waals surface area contributed by atoms with Gasteiger partial charge in [-0.2, -0.15) is 0 Å². The highest BCUT2D eigenvalue weighted by Crippen LogP contribution is 2.45. The van der Waals surface area contributed by atoms with E-state index in [4.69, 9.17) is 18.6 Å². The van der Waals surface area contributed by atoms with Crippen LogP contribution in [0.5, 0.6) is 11.5 Å². The fourth-order valence-corrected chi connectivity index (χ4v) is 6.29. The molecule has 0 aliphatic heterocycles. The number of carbonyl (C=O) groups is 1. The molecule has 0 radical (unpaired) electrons. The molecule has 0 spiro atoms. The Hall–Kier alpha value is -3.03. The zero-order chi connectivity index (χ0) is 30.2. The van der Waals surface area contributed by atoms with Crippen molar-refractivity contribution < 1.29 is 23.4 Å². The predicted octanol–water partition coefficient (Wildman–Crippen LogP) is 8.39. The summed E-state index contributed by atoms with van der Waals surface area (Å²) in [6, 6.07) is 18.5. The lowest BCUT2D eigenvalue weighted by Gasteiger charge is -2.42. The van der Waals surface area contributed by atoms with Gasteiger partial charge >= 0.3 is 5.97 Å². The minimum absolute atomic E-state index is 0.0161. The van der Waals surface area contributed by atoms with Crippen LogP contribution < -0.4 is 9.47 Å². The van der Waals surface area contributed by atoms with Gasteiger partial charge in [0.1, 0.15) is 17.2 Å². The summed E-state index contributed by atoms with van der Waals surface area (Å²) in [5.74, 6) is 1.32. The van der Waals surface area contributed by atoms with E-state index >= 15 is 0 Å². The SMILES string of the molecule is CCOC(=O)c1cccn1C[C@@H](CCCc1ccccc1)C(O[Si](C)(C)C(C)(C)C)c1cc(OC)c(C)c(OC)c1. The maximum absolute atomic E-state index is 12.8. The van der Waals surface area contributed by atoms with Gasteiger partial charge in [0, 0.05) is 24.2 Å². The number of ether oxygens (including phenoxy) is 3. The van der Waals surface area contributed by atoms with Gasteiger partial charge < -0.3 is 23.2 Å². The van der Waals surface area contributed by atoms with Crippen LogP contribution in [-0.2, 0) is 22.1 Å².